The van der Waals surface area contributed by atoms with Crippen LogP contribution in [0.25, 0.3) is 0 Å². The summed E-state index contributed by atoms with van der Waals surface area (Å²) in [6.45, 7) is 12.5. The quantitative estimate of drug-likeness (QED) is 0.887. The van der Waals surface area contributed by atoms with Crippen molar-refractivity contribution in [2.24, 2.45) is 0 Å². The summed E-state index contributed by atoms with van der Waals surface area (Å²) in [5.74, 6) is 0. The first-order chi connectivity index (χ1) is 8.05. The van der Waals surface area contributed by atoms with Crippen LogP contribution in [0.4, 0.5) is 0 Å². The Morgan fingerprint density at radius 1 is 1.06 bits per heavy atom. The Labute approximate surface area is 117 Å². The molecule has 1 aliphatic rings. The minimum absolute atomic E-state index is 0. The van der Waals surface area contributed by atoms with Gasteiger partial charge in [-0.05, 0) is 16.5 Å². The van der Waals surface area contributed by atoms with Gasteiger partial charge in [0.05, 0.1) is 0 Å². The molecule has 18 heavy (non-hydrogen) atoms. The zero-order valence-electron chi connectivity index (χ0n) is 11.7. The molecule has 0 aliphatic carbocycles. The first-order valence-corrected chi connectivity index (χ1v) is 6.58. The fourth-order valence-electron chi connectivity index (χ4n) is 2.24. The number of benzene rings is 1. The molecule has 0 spiro atoms. The topological polar surface area (TPSA) is 15.3 Å². The van der Waals surface area contributed by atoms with Crippen molar-refractivity contribution in [3.8, 4) is 0 Å². The van der Waals surface area contributed by atoms with E-state index >= 15 is 0 Å². The number of hydrogen-bond acceptors (Lipinski definition) is 2. The summed E-state index contributed by atoms with van der Waals surface area (Å²) in [4.78, 5) is 2.52. The molecule has 0 amide bonds. The minimum atomic E-state index is 0. The van der Waals surface area contributed by atoms with E-state index in [-0.39, 0.29) is 17.8 Å². The highest BCUT2D eigenvalue weighted by Gasteiger charge is 2.14. The van der Waals surface area contributed by atoms with Crippen LogP contribution in [0.5, 0.6) is 0 Å². The summed E-state index contributed by atoms with van der Waals surface area (Å²) in [7, 11) is 0. The molecule has 1 saturated heterocycles. The van der Waals surface area contributed by atoms with E-state index in [1.165, 1.54) is 24.2 Å². The van der Waals surface area contributed by atoms with Gasteiger partial charge in [-0.2, -0.15) is 0 Å². The number of hydrogen-bond donors (Lipinski definition) is 1. The smallest absolute Gasteiger partial charge is 0.0234 e. The molecule has 0 saturated carbocycles. The first kappa shape index (κ1) is 15.5. The number of halogens is 1. The van der Waals surface area contributed by atoms with Gasteiger partial charge < -0.3 is 5.32 Å². The number of piperazine rings is 1. The van der Waals surface area contributed by atoms with E-state index in [1.54, 1.807) is 0 Å². The van der Waals surface area contributed by atoms with Crippen LogP contribution in [0.15, 0.2) is 24.3 Å². The highest BCUT2D eigenvalue weighted by atomic mass is 35.5. The summed E-state index contributed by atoms with van der Waals surface area (Å²) in [5.41, 5.74) is 3.11. The first-order valence-electron chi connectivity index (χ1n) is 6.58. The second-order valence-corrected chi connectivity index (χ2v) is 5.97. The summed E-state index contributed by atoms with van der Waals surface area (Å²) in [6, 6.07) is 9.11. The SMILES string of the molecule is CC(C)(C)c1ccc(CN2CCNCC2)cc1.Cl. The third-order valence-electron chi connectivity index (χ3n) is 3.44. The van der Waals surface area contributed by atoms with Crippen LogP contribution >= 0.6 is 12.4 Å². The molecule has 0 aromatic heterocycles. The molecule has 0 radical (unpaired) electrons. The van der Waals surface area contributed by atoms with Gasteiger partial charge in [0.15, 0.2) is 0 Å². The zero-order valence-corrected chi connectivity index (χ0v) is 12.5. The van der Waals surface area contributed by atoms with Crippen LogP contribution < -0.4 is 5.32 Å². The van der Waals surface area contributed by atoms with Gasteiger partial charge in [-0.15, -0.1) is 12.4 Å². The lowest BCUT2D eigenvalue weighted by Gasteiger charge is -2.27. The van der Waals surface area contributed by atoms with Gasteiger partial charge in [0.2, 0.25) is 0 Å². The largest absolute Gasteiger partial charge is 0.314 e. The van der Waals surface area contributed by atoms with Crippen molar-refractivity contribution in [1.29, 1.82) is 0 Å². The Kier molecular flexibility index (Phi) is 5.64. The van der Waals surface area contributed by atoms with Gasteiger partial charge in [-0.25, -0.2) is 0 Å². The number of rotatable bonds is 2. The van der Waals surface area contributed by atoms with Crippen molar-refractivity contribution >= 4 is 12.4 Å². The summed E-state index contributed by atoms with van der Waals surface area (Å²) in [6.07, 6.45) is 0. The average Bonchev–Trinajstić information content (AvgIpc) is 2.30. The molecule has 1 aliphatic heterocycles. The fourth-order valence-corrected chi connectivity index (χ4v) is 2.24. The van der Waals surface area contributed by atoms with E-state index < -0.39 is 0 Å². The lowest BCUT2D eigenvalue weighted by atomic mass is 9.87. The molecule has 1 N–H and O–H groups in total. The average molecular weight is 269 g/mol. The molecule has 2 rings (SSSR count). The van der Waals surface area contributed by atoms with Gasteiger partial charge in [-0.3, -0.25) is 4.90 Å². The third kappa shape index (κ3) is 4.27. The van der Waals surface area contributed by atoms with Gasteiger partial charge >= 0.3 is 0 Å². The molecule has 3 heteroatoms. The molecule has 0 unspecified atom stereocenters. The van der Waals surface area contributed by atoms with E-state index in [9.17, 15) is 0 Å². The Morgan fingerprint density at radius 2 is 1.61 bits per heavy atom. The zero-order chi connectivity index (χ0) is 12.3. The standard InChI is InChI=1S/C15H24N2.ClH/c1-15(2,3)14-6-4-13(5-7-14)12-17-10-8-16-9-11-17;/h4-7,16H,8-12H2,1-3H3;1H. The van der Waals surface area contributed by atoms with Crippen LogP contribution in [0.1, 0.15) is 31.9 Å². The van der Waals surface area contributed by atoms with E-state index in [4.69, 9.17) is 0 Å². The van der Waals surface area contributed by atoms with Crippen molar-refractivity contribution in [2.75, 3.05) is 26.2 Å². The highest BCUT2D eigenvalue weighted by molar-refractivity contribution is 5.85. The van der Waals surface area contributed by atoms with Crippen LogP contribution in [0.3, 0.4) is 0 Å². The highest BCUT2D eigenvalue weighted by Crippen LogP contribution is 2.22. The molecule has 0 bridgehead atoms. The van der Waals surface area contributed by atoms with E-state index in [0.717, 1.165) is 19.6 Å². The summed E-state index contributed by atoms with van der Waals surface area (Å²) >= 11 is 0. The van der Waals surface area contributed by atoms with Crippen LogP contribution in [-0.4, -0.2) is 31.1 Å². The number of nitrogens with zero attached hydrogens (tertiary/aromatic N) is 1. The Bertz CT molecular complexity index is 348. The van der Waals surface area contributed by atoms with E-state index in [0.29, 0.717) is 0 Å². The number of nitrogens with one attached hydrogen (secondary N) is 1. The van der Waals surface area contributed by atoms with Gasteiger partial charge in [-0.1, -0.05) is 45.0 Å². The van der Waals surface area contributed by atoms with Crippen LogP contribution in [0.2, 0.25) is 0 Å². The molecular formula is C15H25ClN2. The van der Waals surface area contributed by atoms with Crippen molar-refractivity contribution in [2.45, 2.75) is 32.7 Å². The molecule has 1 aromatic rings. The summed E-state index contributed by atoms with van der Waals surface area (Å²) < 4.78 is 0. The molecular weight excluding hydrogens is 244 g/mol. The van der Waals surface area contributed by atoms with Gasteiger partial charge in [0.1, 0.15) is 0 Å². The molecule has 2 nitrogen and oxygen atoms in total. The summed E-state index contributed by atoms with van der Waals surface area (Å²) in [5, 5.41) is 3.39. The Hall–Kier alpha value is -0.570. The molecule has 0 atom stereocenters. The second kappa shape index (κ2) is 6.55. The van der Waals surface area contributed by atoms with Crippen molar-refractivity contribution in [3.05, 3.63) is 35.4 Å². The maximum absolute atomic E-state index is 3.39. The van der Waals surface area contributed by atoms with Gasteiger partial charge in [0, 0.05) is 32.7 Å². The molecule has 102 valence electrons. The molecule has 1 heterocycles. The van der Waals surface area contributed by atoms with Crippen molar-refractivity contribution < 1.29 is 0 Å². The van der Waals surface area contributed by atoms with Crippen molar-refractivity contribution in [1.82, 2.24) is 10.2 Å². The lowest BCUT2D eigenvalue weighted by molar-refractivity contribution is 0.233. The van der Waals surface area contributed by atoms with E-state index in [2.05, 4.69) is 55.3 Å². The molecule has 1 fully saturated rings. The van der Waals surface area contributed by atoms with E-state index in [1.807, 2.05) is 0 Å². The normalized spacial score (nSPS) is 17.3. The van der Waals surface area contributed by atoms with Crippen LogP contribution in [0, 0.1) is 0 Å². The van der Waals surface area contributed by atoms with Gasteiger partial charge in [0.25, 0.3) is 0 Å². The maximum atomic E-state index is 3.39. The van der Waals surface area contributed by atoms with Crippen molar-refractivity contribution in [3.63, 3.8) is 0 Å². The predicted molar refractivity (Wildman–Crippen MR) is 80.5 cm³/mol. The lowest BCUT2D eigenvalue weighted by Crippen LogP contribution is -2.42. The predicted octanol–water partition coefficient (Wildman–Crippen LogP) is 2.81. The second-order valence-electron chi connectivity index (χ2n) is 5.97. The minimum Gasteiger partial charge on any atom is -0.314 e. The fraction of sp³-hybridized carbons (Fsp3) is 0.600. The Balaban J connectivity index is 0.00000162. The maximum Gasteiger partial charge on any atom is 0.0234 e. The van der Waals surface area contributed by atoms with Crippen LogP contribution in [-0.2, 0) is 12.0 Å². The third-order valence-corrected chi connectivity index (χ3v) is 3.44. The molecule has 1 aromatic carbocycles. The monoisotopic (exact) mass is 268 g/mol. The Morgan fingerprint density at radius 3 is 2.11 bits per heavy atom.